The highest BCUT2D eigenvalue weighted by Crippen LogP contribution is 2.34. The number of hydrogen-bond acceptors (Lipinski definition) is 2. The van der Waals surface area contributed by atoms with Gasteiger partial charge in [-0.05, 0) is 49.9 Å². The second-order valence-corrected chi connectivity index (χ2v) is 5.90. The molecule has 1 fully saturated rings. The van der Waals surface area contributed by atoms with Gasteiger partial charge in [-0.1, -0.05) is 19.1 Å². The van der Waals surface area contributed by atoms with Crippen LogP contribution >= 0.6 is 0 Å². The first-order valence-corrected chi connectivity index (χ1v) is 7.29. The molecule has 20 heavy (non-hydrogen) atoms. The molecular weight excluding hydrogens is 255 g/mol. The van der Waals surface area contributed by atoms with E-state index in [0.717, 1.165) is 37.9 Å². The molecule has 1 atom stereocenters. The second kappa shape index (κ2) is 6.35. The Morgan fingerprint density at radius 2 is 2.05 bits per heavy atom. The Morgan fingerprint density at radius 3 is 2.70 bits per heavy atom. The van der Waals surface area contributed by atoms with Crippen LogP contribution in [0.4, 0.5) is 4.39 Å². The lowest BCUT2D eigenvalue weighted by molar-refractivity contribution is -0.145. The van der Waals surface area contributed by atoms with Gasteiger partial charge in [0.05, 0.1) is 5.41 Å². The number of hydrogen-bond donors (Lipinski definition) is 1. The normalized spacial score (nSPS) is 23.1. The maximum atomic E-state index is 13.0. The molecule has 0 aliphatic carbocycles. The average molecular weight is 278 g/mol. The average Bonchev–Trinajstić information content (AvgIpc) is 2.43. The van der Waals surface area contributed by atoms with Gasteiger partial charge in [0.25, 0.3) is 0 Å². The number of carbonyl (C=O) groups is 1. The zero-order valence-electron chi connectivity index (χ0n) is 12.1. The van der Waals surface area contributed by atoms with Crippen LogP contribution < -0.4 is 5.73 Å². The minimum atomic E-state index is -0.370. The summed E-state index contributed by atoms with van der Waals surface area (Å²) in [5.41, 5.74) is 6.17. The van der Waals surface area contributed by atoms with Crippen molar-refractivity contribution in [2.45, 2.75) is 32.6 Å². The fraction of sp³-hybridized carbons (Fsp3) is 0.562. The standard InChI is InChI=1S/C16H23FN2O/c1-16(12-13-4-6-14(17)7-5-13)8-2-10-19(15(16)20)11-3-9-18/h4-7H,2-3,8-12,18H2,1H3. The van der Waals surface area contributed by atoms with Crippen molar-refractivity contribution in [3.63, 3.8) is 0 Å². The monoisotopic (exact) mass is 278 g/mol. The lowest BCUT2D eigenvalue weighted by Crippen LogP contribution is -2.48. The summed E-state index contributed by atoms with van der Waals surface area (Å²) >= 11 is 0. The summed E-state index contributed by atoms with van der Waals surface area (Å²) in [6.07, 6.45) is 3.43. The van der Waals surface area contributed by atoms with Crippen LogP contribution in [-0.2, 0) is 11.2 Å². The molecule has 1 aliphatic heterocycles. The first-order valence-electron chi connectivity index (χ1n) is 7.29. The number of halogens is 1. The quantitative estimate of drug-likeness (QED) is 0.898. The van der Waals surface area contributed by atoms with Gasteiger partial charge < -0.3 is 10.6 Å². The molecule has 1 saturated heterocycles. The van der Waals surface area contributed by atoms with Crippen molar-refractivity contribution >= 4 is 5.91 Å². The van der Waals surface area contributed by atoms with E-state index in [1.807, 2.05) is 11.8 Å². The van der Waals surface area contributed by atoms with E-state index in [1.54, 1.807) is 12.1 Å². The summed E-state index contributed by atoms with van der Waals surface area (Å²) in [5, 5.41) is 0. The van der Waals surface area contributed by atoms with Crippen molar-refractivity contribution in [3.8, 4) is 0 Å². The summed E-state index contributed by atoms with van der Waals surface area (Å²) in [5.74, 6) is -0.0278. The molecule has 1 aliphatic rings. The van der Waals surface area contributed by atoms with Crippen LogP contribution in [0.25, 0.3) is 0 Å². The summed E-state index contributed by atoms with van der Waals surface area (Å²) in [6.45, 7) is 4.21. The predicted octanol–water partition coefficient (Wildman–Crippen LogP) is 2.35. The first kappa shape index (κ1) is 15.0. The number of carbonyl (C=O) groups excluding carboxylic acids is 1. The maximum Gasteiger partial charge on any atom is 0.228 e. The Labute approximate surface area is 120 Å². The number of rotatable bonds is 5. The summed E-state index contributed by atoms with van der Waals surface area (Å²) in [4.78, 5) is 14.6. The van der Waals surface area contributed by atoms with Gasteiger partial charge in [-0.2, -0.15) is 0 Å². The van der Waals surface area contributed by atoms with Crippen molar-refractivity contribution in [2.24, 2.45) is 11.1 Å². The Kier molecular flexibility index (Phi) is 4.76. The van der Waals surface area contributed by atoms with E-state index in [2.05, 4.69) is 0 Å². The Bertz CT molecular complexity index is 460. The zero-order valence-corrected chi connectivity index (χ0v) is 12.1. The van der Waals surface area contributed by atoms with Gasteiger partial charge in [-0.3, -0.25) is 4.79 Å². The highest BCUT2D eigenvalue weighted by molar-refractivity contribution is 5.83. The maximum absolute atomic E-state index is 13.0. The van der Waals surface area contributed by atoms with E-state index in [9.17, 15) is 9.18 Å². The predicted molar refractivity (Wildman–Crippen MR) is 77.7 cm³/mol. The van der Waals surface area contributed by atoms with Gasteiger partial charge in [0, 0.05) is 13.1 Å². The van der Waals surface area contributed by atoms with Crippen LogP contribution in [0.1, 0.15) is 31.7 Å². The number of benzene rings is 1. The molecule has 4 heteroatoms. The molecule has 110 valence electrons. The third-order valence-corrected chi connectivity index (χ3v) is 4.10. The topological polar surface area (TPSA) is 46.3 Å². The van der Waals surface area contributed by atoms with E-state index in [0.29, 0.717) is 13.0 Å². The number of nitrogens with zero attached hydrogens (tertiary/aromatic N) is 1. The van der Waals surface area contributed by atoms with Crippen LogP contribution in [0.3, 0.4) is 0 Å². The van der Waals surface area contributed by atoms with Gasteiger partial charge in [0.15, 0.2) is 0 Å². The van der Waals surface area contributed by atoms with Crippen molar-refractivity contribution in [2.75, 3.05) is 19.6 Å². The number of nitrogens with two attached hydrogens (primary N) is 1. The van der Waals surface area contributed by atoms with Crippen molar-refractivity contribution in [1.29, 1.82) is 0 Å². The number of amides is 1. The molecule has 3 nitrogen and oxygen atoms in total. The van der Waals surface area contributed by atoms with E-state index in [-0.39, 0.29) is 17.1 Å². The fourth-order valence-electron chi connectivity index (χ4n) is 2.96. The molecule has 0 bridgehead atoms. The largest absolute Gasteiger partial charge is 0.342 e. The molecule has 1 heterocycles. The number of likely N-dealkylation sites (tertiary alicyclic amines) is 1. The Hall–Kier alpha value is -1.42. The van der Waals surface area contributed by atoms with Crippen LogP contribution in [-0.4, -0.2) is 30.4 Å². The smallest absolute Gasteiger partial charge is 0.228 e. The molecule has 0 spiro atoms. The highest BCUT2D eigenvalue weighted by Gasteiger charge is 2.39. The van der Waals surface area contributed by atoms with E-state index in [1.165, 1.54) is 12.1 Å². The molecule has 2 rings (SSSR count). The van der Waals surface area contributed by atoms with Crippen LogP contribution in [0, 0.1) is 11.2 Å². The molecule has 1 aromatic carbocycles. The third-order valence-electron chi connectivity index (χ3n) is 4.10. The van der Waals surface area contributed by atoms with Crippen LogP contribution in [0.5, 0.6) is 0 Å². The SMILES string of the molecule is CC1(Cc2ccc(F)cc2)CCCN(CCCN)C1=O. The lowest BCUT2D eigenvalue weighted by atomic mass is 9.76. The van der Waals surface area contributed by atoms with Gasteiger partial charge >= 0.3 is 0 Å². The molecule has 0 saturated carbocycles. The summed E-state index contributed by atoms with van der Waals surface area (Å²) in [6, 6.07) is 6.45. The van der Waals surface area contributed by atoms with Gasteiger partial charge in [0.2, 0.25) is 5.91 Å². The van der Waals surface area contributed by atoms with Gasteiger partial charge in [-0.15, -0.1) is 0 Å². The molecule has 1 unspecified atom stereocenters. The van der Waals surface area contributed by atoms with E-state index in [4.69, 9.17) is 5.73 Å². The fourth-order valence-corrected chi connectivity index (χ4v) is 2.96. The summed E-state index contributed by atoms with van der Waals surface area (Å²) < 4.78 is 13.0. The minimum Gasteiger partial charge on any atom is -0.342 e. The van der Waals surface area contributed by atoms with Gasteiger partial charge in [0.1, 0.15) is 5.82 Å². The lowest BCUT2D eigenvalue weighted by Gasteiger charge is -2.39. The first-order chi connectivity index (χ1) is 9.55. The van der Waals surface area contributed by atoms with Crippen molar-refractivity contribution in [3.05, 3.63) is 35.6 Å². The molecule has 1 amide bonds. The van der Waals surface area contributed by atoms with E-state index >= 15 is 0 Å². The van der Waals surface area contributed by atoms with Gasteiger partial charge in [-0.25, -0.2) is 4.39 Å². The van der Waals surface area contributed by atoms with Crippen LogP contribution in [0.2, 0.25) is 0 Å². The number of piperidine rings is 1. The molecule has 2 N–H and O–H groups in total. The Balaban J connectivity index is 2.07. The van der Waals surface area contributed by atoms with Crippen molar-refractivity contribution in [1.82, 2.24) is 4.90 Å². The molecule has 0 radical (unpaired) electrons. The van der Waals surface area contributed by atoms with Crippen LogP contribution in [0.15, 0.2) is 24.3 Å². The third kappa shape index (κ3) is 3.37. The summed E-state index contributed by atoms with van der Waals surface area (Å²) in [7, 11) is 0. The molecular formula is C16H23FN2O. The highest BCUT2D eigenvalue weighted by atomic mass is 19.1. The second-order valence-electron chi connectivity index (χ2n) is 5.90. The minimum absolute atomic E-state index is 0.210. The molecule has 1 aromatic rings. The van der Waals surface area contributed by atoms with E-state index < -0.39 is 0 Å². The Morgan fingerprint density at radius 1 is 1.35 bits per heavy atom. The molecule has 0 aromatic heterocycles. The zero-order chi connectivity index (χ0) is 14.6. The van der Waals surface area contributed by atoms with Crippen molar-refractivity contribution < 1.29 is 9.18 Å².